The fourth-order valence-corrected chi connectivity index (χ4v) is 2.45. The van der Waals surface area contributed by atoms with Crippen molar-refractivity contribution in [3.63, 3.8) is 0 Å². The van der Waals surface area contributed by atoms with Gasteiger partial charge in [-0.3, -0.25) is 0 Å². The predicted molar refractivity (Wildman–Crippen MR) is 95.3 cm³/mol. The first-order valence-corrected chi connectivity index (χ1v) is 8.02. The molecule has 0 fully saturated rings. The number of rotatable bonds is 7. The molecule has 0 unspecified atom stereocenters. The highest BCUT2D eigenvalue weighted by atomic mass is 16.5. The van der Waals surface area contributed by atoms with Crippen molar-refractivity contribution in [2.24, 2.45) is 0 Å². The summed E-state index contributed by atoms with van der Waals surface area (Å²) in [5, 5.41) is 14.1. The second kappa shape index (κ2) is 8.02. The molecule has 4 heteroatoms. The number of hydrogen-bond acceptors (Lipinski definition) is 4. The van der Waals surface area contributed by atoms with E-state index in [1.807, 2.05) is 60.7 Å². The summed E-state index contributed by atoms with van der Waals surface area (Å²) < 4.78 is 5.82. The number of carboxylic acid groups (broad SMARTS) is 1. The van der Waals surface area contributed by atoms with E-state index >= 15 is 0 Å². The summed E-state index contributed by atoms with van der Waals surface area (Å²) in [7, 11) is 0. The van der Waals surface area contributed by atoms with Crippen LogP contribution in [0.2, 0.25) is 0 Å². The number of carboxylic acids is 1. The van der Waals surface area contributed by atoms with Gasteiger partial charge in [-0.25, -0.2) is 0 Å². The van der Waals surface area contributed by atoms with Crippen molar-refractivity contribution < 1.29 is 14.6 Å². The molecule has 0 aromatic heterocycles. The predicted octanol–water partition coefficient (Wildman–Crippen LogP) is 3.24. The topological polar surface area (TPSA) is 61.4 Å². The highest BCUT2D eigenvalue weighted by Crippen LogP contribution is 2.17. The molecule has 0 aliphatic rings. The molecule has 0 saturated carbocycles. The van der Waals surface area contributed by atoms with Crippen molar-refractivity contribution in [2.45, 2.75) is 13.2 Å². The average Bonchev–Trinajstić information content (AvgIpc) is 2.66. The molecular weight excluding hydrogens is 314 g/mol. The molecule has 0 atom stereocenters. The van der Waals surface area contributed by atoms with Crippen LogP contribution in [-0.4, -0.2) is 5.97 Å². The van der Waals surface area contributed by atoms with E-state index in [9.17, 15) is 9.90 Å². The molecule has 3 aromatic rings. The molecule has 0 aliphatic carbocycles. The Morgan fingerprint density at radius 2 is 1.64 bits per heavy atom. The molecule has 3 rings (SSSR count). The van der Waals surface area contributed by atoms with Crippen molar-refractivity contribution in [3.05, 3.63) is 95.6 Å². The molecule has 126 valence electrons. The van der Waals surface area contributed by atoms with Gasteiger partial charge in [0.1, 0.15) is 12.4 Å². The van der Waals surface area contributed by atoms with E-state index in [0.29, 0.717) is 13.2 Å². The first-order valence-electron chi connectivity index (χ1n) is 8.02. The first kappa shape index (κ1) is 16.6. The number of anilines is 1. The van der Waals surface area contributed by atoms with Crippen LogP contribution in [0.4, 0.5) is 5.69 Å². The van der Waals surface area contributed by atoms with E-state index in [4.69, 9.17) is 4.74 Å². The highest BCUT2D eigenvalue weighted by Gasteiger charge is 2.00. The van der Waals surface area contributed by atoms with Crippen LogP contribution in [0.3, 0.4) is 0 Å². The molecule has 0 bridgehead atoms. The fourth-order valence-electron chi connectivity index (χ4n) is 2.45. The maximum Gasteiger partial charge on any atom is 0.120 e. The Morgan fingerprint density at radius 1 is 0.880 bits per heavy atom. The van der Waals surface area contributed by atoms with Crippen LogP contribution in [0.1, 0.15) is 21.5 Å². The SMILES string of the molecule is O=C([O-])c1cccc(NCc2cccc(OCc3ccccc3)c2)c1. The Hall–Kier alpha value is -3.27. The summed E-state index contributed by atoms with van der Waals surface area (Å²) in [5.41, 5.74) is 3.05. The van der Waals surface area contributed by atoms with E-state index in [1.165, 1.54) is 6.07 Å². The third-order valence-electron chi connectivity index (χ3n) is 3.74. The lowest BCUT2D eigenvalue weighted by atomic mass is 10.2. The fraction of sp³-hybridized carbons (Fsp3) is 0.0952. The number of benzene rings is 3. The van der Waals surface area contributed by atoms with Gasteiger partial charge in [0.2, 0.25) is 0 Å². The lowest BCUT2D eigenvalue weighted by Gasteiger charge is -2.11. The first-order chi connectivity index (χ1) is 12.2. The maximum atomic E-state index is 10.9. The quantitative estimate of drug-likeness (QED) is 0.721. The van der Waals surface area contributed by atoms with Crippen LogP contribution in [0.15, 0.2) is 78.9 Å². The molecule has 0 spiro atoms. The van der Waals surface area contributed by atoms with Gasteiger partial charge in [0.05, 0.1) is 5.97 Å². The van der Waals surface area contributed by atoms with Crippen molar-refractivity contribution in [1.82, 2.24) is 0 Å². The zero-order chi connectivity index (χ0) is 17.5. The molecule has 0 radical (unpaired) electrons. The summed E-state index contributed by atoms with van der Waals surface area (Å²) in [6.45, 7) is 1.09. The molecule has 3 aromatic carbocycles. The monoisotopic (exact) mass is 332 g/mol. The van der Waals surface area contributed by atoms with Crippen molar-refractivity contribution in [2.75, 3.05) is 5.32 Å². The number of aromatic carboxylic acids is 1. The van der Waals surface area contributed by atoms with Gasteiger partial charge < -0.3 is 20.0 Å². The number of ether oxygens (including phenoxy) is 1. The molecule has 0 amide bonds. The molecule has 25 heavy (non-hydrogen) atoms. The Balaban J connectivity index is 1.60. The van der Waals surface area contributed by atoms with E-state index < -0.39 is 5.97 Å². The minimum absolute atomic E-state index is 0.157. The van der Waals surface area contributed by atoms with Gasteiger partial charge in [-0.15, -0.1) is 0 Å². The largest absolute Gasteiger partial charge is 0.545 e. The molecule has 0 aliphatic heterocycles. The van der Waals surface area contributed by atoms with Gasteiger partial charge >= 0.3 is 0 Å². The summed E-state index contributed by atoms with van der Waals surface area (Å²) in [6.07, 6.45) is 0. The third kappa shape index (κ3) is 4.85. The van der Waals surface area contributed by atoms with Crippen LogP contribution >= 0.6 is 0 Å². The van der Waals surface area contributed by atoms with Crippen LogP contribution in [-0.2, 0) is 13.2 Å². The smallest absolute Gasteiger partial charge is 0.120 e. The Kier molecular flexibility index (Phi) is 5.32. The van der Waals surface area contributed by atoms with E-state index in [0.717, 1.165) is 22.6 Å². The minimum Gasteiger partial charge on any atom is -0.545 e. The van der Waals surface area contributed by atoms with E-state index in [-0.39, 0.29) is 5.56 Å². The Labute approximate surface area is 146 Å². The van der Waals surface area contributed by atoms with Crippen LogP contribution < -0.4 is 15.2 Å². The lowest BCUT2D eigenvalue weighted by Crippen LogP contribution is -2.22. The zero-order valence-electron chi connectivity index (χ0n) is 13.6. The van der Waals surface area contributed by atoms with Gasteiger partial charge in [0, 0.05) is 12.2 Å². The molecule has 0 saturated heterocycles. The molecule has 4 nitrogen and oxygen atoms in total. The summed E-state index contributed by atoms with van der Waals surface area (Å²) in [6, 6.07) is 24.4. The molecule has 1 N–H and O–H groups in total. The number of nitrogens with one attached hydrogen (secondary N) is 1. The second-order valence-electron chi connectivity index (χ2n) is 5.64. The van der Waals surface area contributed by atoms with Crippen molar-refractivity contribution in [3.8, 4) is 5.75 Å². The van der Waals surface area contributed by atoms with Gasteiger partial charge in [-0.1, -0.05) is 54.6 Å². The van der Waals surface area contributed by atoms with Crippen LogP contribution in [0.5, 0.6) is 5.75 Å². The van der Waals surface area contributed by atoms with Crippen LogP contribution in [0, 0.1) is 0 Å². The number of carbonyl (C=O) groups is 1. The number of hydrogen-bond donors (Lipinski definition) is 1. The molecule has 0 heterocycles. The van der Waals surface area contributed by atoms with E-state index in [2.05, 4.69) is 5.32 Å². The lowest BCUT2D eigenvalue weighted by molar-refractivity contribution is -0.255. The summed E-state index contributed by atoms with van der Waals surface area (Å²) in [4.78, 5) is 10.9. The van der Waals surface area contributed by atoms with Crippen molar-refractivity contribution >= 4 is 11.7 Å². The minimum atomic E-state index is -1.18. The standard InChI is InChI=1S/C21H19NO3/c23-21(24)18-9-5-10-19(13-18)22-14-17-8-4-11-20(12-17)25-15-16-6-2-1-3-7-16/h1-13,22H,14-15H2,(H,23,24)/p-1. The van der Waals surface area contributed by atoms with Gasteiger partial charge in [0.15, 0.2) is 0 Å². The Morgan fingerprint density at radius 3 is 2.44 bits per heavy atom. The van der Waals surface area contributed by atoms with E-state index in [1.54, 1.807) is 12.1 Å². The van der Waals surface area contributed by atoms with Gasteiger partial charge in [-0.05, 0) is 41.0 Å². The average molecular weight is 332 g/mol. The van der Waals surface area contributed by atoms with Gasteiger partial charge in [0.25, 0.3) is 0 Å². The maximum absolute atomic E-state index is 10.9. The van der Waals surface area contributed by atoms with Crippen LogP contribution in [0.25, 0.3) is 0 Å². The van der Waals surface area contributed by atoms with Crippen molar-refractivity contribution in [1.29, 1.82) is 0 Å². The second-order valence-corrected chi connectivity index (χ2v) is 5.64. The normalized spacial score (nSPS) is 10.2. The molecular formula is C21H18NO3-. The third-order valence-corrected chi connectivity index (χ3v) is 3.74. The zero-order valence-corrected chi connectivity index (χ0v) is 13.6. The number of carbonyl (C=O) groups excluding carboxylic acids is 1. The Bertz CT molecular complexity index is 847. The van der Waals surface area contributed by atoms with Gasteiger partial charge in [-0.2, -0.15) is 0 Å². The summed E-state index contributed by atoms with van der Waals surface area (Å²) in [5.74, 6) is -0.383. The highest BCUT2D eigenvalue weighted by molar-refractivity contribution is 5.87. The summed E-state index contributed by atoms with van der Waals surface area (Å²) >= 11 is 0.